The highest BCUT2D eigenvalue weighted by Crippen LogP contribution is 2.43. The van der Waals surface area contributed by atoms with Gasteiger partial charge in [-0.2, -0.15) is 0 Å². The zero-order valence-corrected chi connectivity index (χ0v) is 22.0. The number of halogens is 1. The molecule has 35 heavy (non-hydrogen) atoms. The van der Waals surface area contributed by atoms with Gasteiger partial charge >= 0.3 is 0 Å². The normalized spacial score (nSPS) is 16.4. The number of hydrogen-bond donors (Lipinski definition) is 2. The van der Waals surface area contributed by atoms with Crippen molar-refractivity contribution in [2.75, 3.05) is 31.5 Å². The molecule has 3 aromatic carbocycles. The molecular weight excluding hydrogens is 543 g/mol. The first-order chi connectivity index (χ1) is 17.3. The molecule has 0 unspecified atom stereocenters. The van der Waals surface area contributed by atoms with Crippen molar-refractivity contribution in [1.82, 2.24) is 15.2 Å². The van der Waals surface area contributed by atoms with Crippen molar-refractivity contribution in [2.24, 2.45) is 0 Å². The second-order valence-corrected chi connectivity index (χ2v) is 10.9. The quantitative estimate of drug-likeness (QED) is 0.196. The van der Waals surface area contributed by atoms with Crippen molar-refractivity contribution in [1.29, 1.82) is 0 Å². The first-order valence-electron chi connectivity index (χ1n) is 12.7. The first-order valence-corrected chi connectivity index (χ1v) is 13.8. The summed E-state index contributed by atoms with van der Waals surface area (Å²) in [5.74, 6) is 0. The topological polar surface area (TPSA) is 40.2 Å². The highest BCUT2D eigenvalue weighted by atomic mass is 127. The van der Waals surface area contributed by atoms with Gasteiger partial charge in [-0.25, -0.2) is 0 Å². The van der Waals surface area contributed by atoms with E-state index in [1.807, 2.05) is 6.20 Å². The molecule has 0 saturated carbocycles. The number of piperidine rings is 1. The second-order valence-electron chi connectivity index (χ2n) is 9.69. The number of anilines is 1. The van der Waals surface area contributed by atoms with Crippen molar-refractivity contribution in [3.8, 4) is 11.1 Å². The van der Waals surface area contributed by atoms with Crippen LogP contribution in [0.3, 0.4) is 0 Å². The van der Waals surface area contributed by atoms with Crippen LogP contribution in [0.25, 0.3) is 22.0 Å². The van der Waals surface area contributed by atoms with E-state index >= 15 is 0 Å². The van der Waals surface area contributed by atoms with Crippen LogP contribution in [-0.4, -0.2) is 42.1 Å². The Morgan fingerprint density at radius 3 is 2.34 bits per heavy atom. The van der Waals surface area contributed by atoms with Gasteiger partial charge in [0.15, 0.2) is 0 Å². The highest BCUT2D eigenvalue weighted by molar-refractivity contribution is 14.1. The van der Waals surface area contributed by atoms with Crippen LogP contribution in [0.1, 0.15) is 36.4 Å². The number of aromatic nitrogens is 1. The molecule has 1 aromatic heterocycles. The van der Waals surface area contributed by atoms with E-state index in [2.05, 4.69) is 116 Å². The maximum Gasteiger partial charge on any atom is 0.0733 e. The molecule has 0 bridgehead atoms. The molecule has 0 spiro atoms. The third-order valence-electron chi connectivity index (χ3n) is 7.50. The molecule has 4 nitrogen and oxygen atoms in total. The van der Waals surface area contributed by atoms with Crippen LogP contribution in [-0.2, 0) is 0 Å². The van der Waals surface area contributed by atoms with Gasteiger partial charge in [-0.1, -0.05) is 48.5 Å². The van der Waals surface area contributed by atoms with E-state index in [0.717, 1.165) is 25.0 Å². The molecule has 2 N–H and O–H groups in total. The minimum atomic E-state index is 0.321. The summed E-state index contributed by atoms with van der Waals surface area (Å²) in [5, 5.41) is 8.86. The molecule has 1 saturated heterocycles. The average Bonchev–Trinajstić information content (AvgIpc) is 3.21. The smallest absolute Gasteiger partial charge is 0.0733 e. The summed E-state index contributed by atoms with van der Waals surface area (Å²) in [4.78, 5) is 7.14. The number of rotatable bonds is 7. The zero-order valence-electron chi connectivity index (χ0n) is 19.9. The Balaban J connectivity index is 0.998. The number of nitrogens with one attached hydrogen (secondary N) is 2. The van der Waals surface area contributed by atoms with Gasteiger partial charge in [-0.3, -0.25) is 4.98 Å². The van der Waals surface area contributed by atoms with Crippen LogP contribution < -0.4 is 10.6 Å². The fraction of sp³-hybridized carbons (Fsp3) is 0.300. The summed E-state index contributed by atoms with van der Waals surface area (Å²) >= 11 is 2.34. The predicted molar refractivity (Wildman–Crippen MR) is 154 cm³/mol. The summed E-state index contributed by atoms with van der Waals surface area (Å²) in [6.07, 6.45) is 5.47. The molecule has 1 aliphatic carbocycles. The van der Waals surface area contributed by atoms with E-state index in [1.165, 1.54) is 62.8 Å². The van der Waals surface area contributed by atoms with Crippen molar-refractivity contribution in [2.45, 2.75) is 31.3 Å². The maximum atomic E-state index is 4.51. The molecule has 6 rings (SSSR count). The number of nitrogens with zero attached hydrogens (tertiary/aromatic N) is 2. The third-order valence-corrected chi connectivity index (χ3v) is 8.17. The van der Waals surface area contributed by atoms with E-state index in [1.54, 1.807) is 0 Å². The van der Waals surface area contributed by atoms with Crippen LogP contribution in [0, 0.1) is 3.57 Å². The van der Waals surface area contributed by atoms with Gasteiger partial charge in [0.2, 0.25) is 0 Å². The largest absolute Gasteiger partial charge is 0.384 e. The lowest BCUT2D eigenvalue weighted by Gasteiger charge is -2.34. The number of likely N-dealkylation sites (tertiary alicyclic amines) is 1. The molecule has 4 aromatic rings. The molecule has 5 heteroatoms. The Hall–Kier alpha value is -2.48. The van der Waals surface area contributed by atoms with Gasteiger partial charge < -0.3 is 15.5 Å². The monoisotopic (exact) mass is 574 g/mol. The average molecular weight is 575 g/mol. The number of fused-ring (bicyclic) bond motifs is 4. The van der Waals surface area contributed by atoms with Gasteiger partial charge in [0, 0.05) is 33.4 Å². The van der Waals surface area contributed by atoms with E-state index in [-0.39, 0.29) is 0 Å². The fourth-order valence-electron chi connectivity index (χ4n) is 5.70. The van der Waals surface area contributed by atoms with Crippen LogP contribution in [0.15, 0.2) is 79.0 Å². The van der Waals surface area contributed by atoms with Crippen molar-refractivity contribution >= 4 is 39.2 Å². The lowest BCUT2D eigenvalue weighted by molar-refractivity contribution is 0.193. The molecule has 2 aliphatic rings. The summed E-state index contributed by atoms with van der Waals surface area (Å²) in [5.41, 5.74) is 7.89. The molecule has 0 radical (unpaired) electrons. The Morgan fingerprint density at radius 2 is 1.60 bits per heavy atom. The van der Waals surface area contributed by atoms with Crippen LogP contribution in [0.2, 0.25) is 0 Å². The van der Waals surface area contributed by atoms with E-state index in [9.17, 15) is 0 Å². The molecule has 0 amide bonds. The Morgan fingerprint density at radius 1 is 0.886 bits per heavy atom. The van der Waals surface area contributed by atoms with Crippen LogP contribution in [0.5, 0.6) is 0 Å². The summed E-state index contributed by atoms with van der Waals surface area (Å²) in [6, 6.07) is 27.2. The molecule has 1 aliphatic heterocycles. The zero-order chi connectivity index (χ0) is 23.6. The number of pyridine rings is 1. The van der Waals surface area contributed by atoms with E-state index in [4.69, 9.17) is 0 Å². The number of hydrogen-bond acceptors (Lipinski definition) is 4. The van der Waals surface area contributed by atoms with E-state index in [0.29, 0.717) is 12.1 Å². The lowest BCUT2D eigenvalue weighted by Crippen LogP contribution is -2.44. The summed E-state index contributed by atoms with van der Waals surface area (Å²) in [6.45, 7) is 4.48. The molecular formula is C30H31IN4. The third kappa shape index (κ3) is 4.82. The predicted octanol–water partition coefficient (Wildman–Crippen LogP) is 6.47. The van der Waals surface area contributed by atoms with Gasteiger partial charge in [0.05, 0.1) is 11.6 Å². The standard InChI is InChI=1S/C30H31IN4/c31-21-10-11-27-28(12-16-33-29(27)20-21)32-15-5-17-35-18-13-22(14-19-35)34-30-25-8-3-1-6-23(25)24-7-2-4-9-26(24)30/h1-4,6-12,16,20,22,30,34H,5,13-15,17-19H2,(H,32,33). The molecule has 2 heterocycles. The molecule has 178 valence electrons. The van der Waals surface area contributed by atoms with Crippen molar-refractivity contribution < 1.29 is 0 Å². The summed E-state index contributed by atoms with van der Waals surface area (Å²) in [7, 11) is 0. The molecule has 0 atom stereocenters. The van der Waals surface area contributed by atoms with Crippen LogP contribution >= 0.6 is 22.6 Å². The van der Waals surface area contributed by atoms with Gasteiger partial charge in [-0.05, 0) is 108 Å². The van der Waals surface area contributed by atoms with Gasteiger partial charge in [0.25, 0.3) is 0 Å². The first kappa shape index (κ1) is 23.0. The van der Waals surface area contributed by atoms with Crippen molar-refractivity contribution in [3.05, 3.63) is 93.7 Å². The lowest BCUT2D eigenvalue weighted by atomic mass is 9.99. The Bertz CT molecular complexity index is 1280. The molecule has 1 fully saturated rings. The second kappa shape index (κ2) is 10.2. The van der Waals surface area contributed by atoms with Gasteiger partial charge in [-0.15, -0.1) is 0 Å². The Kier molecular flexibility index (Phi) is 6.72. The SMILES string of the molecule is Ic1ccc2c(NCCCN3CCC(NC4c5ccccc5-c5ccccc54)CC3)ccnc2c1. The highest BCUT2D eigenvalue weighted by Gasteiger charge is 2.30. The minimum Gasteiger partial charge on any atom is -0.384 e. The maximum absolute atomic E-state index is 4.51. The fourth-order valence-corrected chi connectivity index (χ4v) is 6.17. The minimum absolute atomic E-state index is 0.321. The number of benzene rings is 3. The Labute approximate surface area is 221 Å². The summed E-state index contributed by atoms with van der Waals surface area (Å²) < 4.78 is 1.22. The van der Waals surface area contributed by atoms with E-state index < -0.39 is 0 Å². The van der Waals surface area contributed by atoms with Crippen LogP contribution in [0.4, 0.5) is 5.69 Å². The van der Waals surface area contributed by atoms with Crippen molar-refractivity contribution in [3.63, 3.8) is 0 Å². The van der Waals surface area contributed by atoms with Gasteiger partial charge in [0.1, 0.15) is 0 Å².